The van der Waals surface area contributed by atoms with Gasteiger partial charge in [0.25, 0.3) is 0 Å². The summed E-state index contributed by atoms with van der Waals surface area (Å²) in [5.41, 5.74) is 1.25. The van der Waals surface area contributed by atoms with Gasteiger partial charge in [0.15, 0.2) is 0 Å². The summed E-state index contributed by atoms with van der Waals surface area (Å²) in [7, 11) is 0. The molecule has 0 aliphatic heterocycles. The molecule has 0 amide bonds. The van der Waals surface area contributed by atoms with Crippen molar-refractivity contribution in [3.8, 4) is 0 Å². The highest BCUT2D eigenvalue weighted by molar-refractivity contribution is 9.13. The monoisotopic (exact) mass is 580 g/mol. The van der Waals surface area contributed by atoms with E-state index in [1.54, 1.807) is 6.20 Å². The fourth-order valence-electron chi connectivity index (χ4n) is 2.10. The van der Waals surface area contributed by atoms with Crippen molar-refractivity contribution in [1.82, 2.24) is 9.97 Å². The quantitative estimate of drug-likeness (QED) is 0.255. The molecule has 0 spiro atoms. The smallest absolute Gasteiger partial charge is 0.120 e. The zero-order valence-corrected chi connectivity index (χ0v) is 19.6. The molecule has 2 aliphatic carbocycles. The SMILES string of the molecule is BrC1CCC1.Brc1cccnc1Br.Brc1cccnc1C1CCC1. The number of hydrogen-bond acceptors (Lipinski definition) is 2. The first-order valence-corrected chi connectivity index (χ1v) is 11.4. The average Bonchev–Trinajstić information content (AvgIpc) is 2.50. The third kappa shape index (κ3) is 6.85. The van der Waals surface area contributed by atoms with E-state index in [4.69, 9.17) is 0 Å². The first-order valence-electron chi connectivity index (χ1n) is 8.08. The third-order valence-electron chi connectivity index (χ3n) is 4.03. The van der Waals surface area contributed by atoms with Crippen LogP contribution in [0.1, 0.15) is 50.1 Å². The second kappa shape index (κ2) is 11.0. The summed E-state index contributed by atoms with van der Waals surface area (Å²) in [6.07, 6.45) is 11.8. The number of nitrogens with zero attached hydrogens (tertiary/aromatic N) is 2. The molecule has 24 heavy (non-hydrogen) atoms. The average molecular weight is 584 g/mol. The van der Waals surface area contributed by atoms with Gasteiger partial charge >= 0.3 is 0 Å². The molecule has 0 N–H and O–H groups in total. The summed E-state index contributed by atoms with van der Waals surface area (Å²) < 4.78 is 3.00. The van der Waals surface area contributed by atoms with Crippen molar-refractivity contribution < 1.29 is 0 Å². The fraction of sp³-hybridized carbons (Fsp3) is 0.444. The van der Waals surface area contributed by atoms with Crippen molar-refractivity contribution in [3.05, 3.63) is 55.9 Å². The molecule has 2 aromatic heterocycles. The Balaban J connectivity index is 0.000000141. The number of hydrogen-bond donors (Lipinski definition) is 0. The lowest BCUT2D eigenvalue weighted by molar-refractivity contribution is 0.409. The van der Waals surface area contributed by atoms with E-state index in [1.807, 2.05) is 24.4 Å². The number of halogens is 4. The molecule has 0 atom stereocenters. The molecular formula is C18H20Br4N2. The topological polar surface area (TPSA) is 25.8 Å². The Morgan fingerprint density at radius 1 is 0.792 bits per heavy atom. The van der Waals surface area contributed by atoms with E-state index >= 15 is 0 Å². The second-order valence-electron chi connectivity index (χ2n) is 5.80. The van der Waals surface area contributed by atoms with Crippen LogP contribution in [-0.4, -0.2) is 14.8 Å². The van der Waals surface area contributed by atoms with Gasteiger partial charge < -0.3 is 0 Å². The minimum atomic E-state index is 0.727. The Hall–Kier alpha value is 0.220. The second-order valence-corrected chi connectivity index (χ2v) is 9.56. The lowest BCUT2D eigenvalue weighted by Crippen LogP contribution is -2.10. The highest BCUT2D eigenvalue weighted by Gasteiger charge is 2.22. The molecule has 0 radical (unpaired) electrons. The minimum Gasteiger partial charge on any atom is -0.260 e. The van der Waals surface area contributed by atoms with E-state index in [9.17, 15) is 0 Å². The van der Waals surface area contributed by atoms with Crippen LogP contribution in [0.15, 0.2) is 50.2 Å². The Kier molecular flexibility index (Phi) is 9.45. The molecule has 2 aromatic rings. The molecular weight excluding hydrogens is 564 g/mol. The van der Waals surface area contributed by atoms with E-state index in [-0.39, 0.29) is 0 Å². The van der Waals surface area contributed by atoms with Crippen LogP contribution in [0.3, 0.4) is 0 Å². The largest absolute Gasteiger partial charge is 0.260 e. The summed E-state index contributed by atoms with van der Waals surface area (Å²) in [5, 5.41) is 0. The maximum Gasteiger partial charge on any atom is 0.120 e. The predicted octanol–water partition coefficient (Wildman–Crippen LogP) is 7.65. The lowest BCUT2D eigenvalue weighted by Gasteiger charge is -2.25. The van der Waals surface area contributed by atoms with Gasteiger partial charge in [-0.15, -0.1) is 0 Å². The molecule has 2 aliphatic rings. The van der Waals surface area contributed by atoms with E-state index < -0.39 is 0 Å². The van der Waals surface area contributed by atoms with Crippen LogP contribution in [0.5, 0.6) is 0 Å². The van der Waals surface area contributed by atoms with Gasteiger partial charge in [-0.3, -0.25) is 4.98 Å². The molecule has 0 bridgehead atoms. The minimum absolute atomic E-state index is 0.727. The van der Waals surface area contributed by atoms with Gasteiger partial charge in [-0.1, -0.05) is 28.8 Å². The molecule has 0 saturated heterocycles. The van der Waals surface area contributed by atoms with E-state index in [0.29, 0.717) is 0 Å². The predicted molar refractivity (Wildman–Crippen MR) is 115 cm³/mol. The molecule has 2 heterocycles. The van der Waals surface area contributed by atoms with Gasteiger partial charge in [0.05, 0.1) is 10.2 Å². The Bertz CT molecular complexity index is 607. The summed E-state index contributed by atoms with van der Waals surface area (Å²) in [6, 6.07) is 7.83. The number of pyridine rings is 2. The van der Waals surface area contributed by atoms with Crippen LogP contribution in [0.25, 0.3) is 0 Å². The van der Waals surface area contributed by atoms with Crippen molar-refractivity contribution in [2.75, 3.05) is 0 Å². The maximum atomic E-state index is 4.35. The molecule has 130 valence electrons. The number of alkyl halides is 1. The lowest BCUT2D eigenvalue weighted by atomic mass is 9.83. The van der Waals surface area contributed by atoms with Crippen LogP contribution in [0.4, 0.5) is 0 Å². The highest BCUT2D eigenvalue weighted by Crippen LogP contribution is 2.38. The van der Waals surface area contributed by atoms with Crippen LogP contribution >= 0.6 is 63.7 Å². The zero-order chi connectivity index (χ0) is 17.4. The Morgan fingerprint density at radius 2 is 1.33 bits per heavy atom. The number of rotatable bonds is 1. The maximum absolute atomic E-state index is 4.35. The summed E-state index contributed by atoms with van der Waals surface area (Å²) in [5.74, 6) is 0.727. The molecule has 0 unspecified atom stereocenters. The molecule has 2 fully saturated rings. The third-order valence-corrected chi connectivity index (χ3v) is 7.42. The van der Waals surface area contributed by atoms with Gasteiger partial charge in [0.1, 0.15) is 4.60 Å². The fourth-order valence-corrected chi connectivity index (χ4v) is 3.84. The van der Waals surface area contributed by atoms with Crippen LogP contribution in [0, 0.1) is 0 Å². The van der Waals surface area contributed by atoms with Crippen molar-refractivity contribution in [2.24, 2.45) is 0 Å². The van der Waals surface area contributed by atoms with Crippen molar-refractivity contribution in [2.45, 2.75) is 49.3 Å². The van der Waals surface area contributed by atoms with Crippen molar-refractivity contribution in [3.63, 3.8) is 0 Å². The first-order chi connectivity index (χ1) is 11.6. The van der Waals surface area contributed by atoms with Gasteiger partial charge in [-0.2, -0.15) is 0 Å². The highest BCUT2D eigenvalue weighted by atomic mass is 79.9. The normalized spacial score (nSPS) is 16.7. The molecule has 2 saturated carbocycles. The van der Waals surface area contributed by atoms with Crippen LogP contribution < -0.4 is 0 Å². The van der Waals surface area contributed by atoms with Gasteiger partial charge in [-0.25, -0.2) is 4.98 Å². The summed E-state index contributed by atoms with van der Waals surface area (Å²) in [4.78, 5) is 9.18. The van der Waals surface area contributed by atoms with Gasteiger partial charge in [0, 0.05) is 27.6 Å². The van der Waals surface area contributed by atoms with Gasteiger partial charge in [-0.05, 0) is 97.7 Å². The molecule has 4 rings (SSSR count). The Labute approximate surface area is 177 Å². The van der Waals surface area contributed by atoms with Crippen molar-refractivity contribution >= 4 is 63.7 Å². The van der Waals surface area contributed by atoms with E-state index in [0.717, 1.165) is 19.8 Å². The first kappa shape index (κ1) is 20.5. The number of aromatic nitrogens is 2. The van der Waals surface area contributed by atoms with Crippen LogP contribution in [-0.2, 0) is 0 Å². The zero-order valence-electron chi connectivity index (χ0n) is 13.3. The molecule has 2 nitrogen and oxygen atoms in total. The molecule has 6 heteroatoms. The van der Waals surface area contributed by atoms with E-state index in [1.165, 1.54) is 48.7 Å². The molecule has 0 aromatic carbocycles. The Morgan fingerprint density at radius 3 is 1.67 bits per heavy atom. The summed E-state index contributed by atoms with van der Waals surface area (Å²) in [6.45, 7) is 0. The van der Waals surface area contributed by atoms with Gasteiger partial charge in [0.2, 0.25) is 0 Å². The summed E-state index contributed by atoms with van der Waals surface area (Å²) >= 11 is 13.5. The standard InChI is InChI=1S/C9H10BrN.C5H3Br2N.C4H7Br/c10-8-5-2-6-11-9(8)7-3-1-4-7;6-4-2-1-3-8-5(4)7;5-4-2-1-3-4/h2,5-7H,1,3-4H2;1-3H;4H,1-3H2. The van der Waals surface area contributed by atoms with E-state index in [2.05, 4.69) is 79.8 Å². The van der Waals surface area contributed by atoms with Crippen molar-refractivity contribution in [1.29, 1.82) is 0 Å². The van der Waals surface area contributed by atoms with Crippen LogP contribution in [0.2, 0.25) is 0 Å².